The molecular formula is C9H9N3O3S. The lowest BCUT2D eigenvalue weighted by atomic mass is 10.2. The summed E-state index contributed by atoms with van der Waals surface area (Å²) in [7, 11) is -3.19. The van der Waals surface area contributed by atoms with Gasteiger partial charge in [0.05, 0.1) is 4.90 Å². The molecule has 0 saturated carbocycles. The van der Waals surface area contributed by atoms with Gasteiger partial charge in [-0.05, 0) is 24.3 Å². The Morgan fingerprint density at radius 2 is 1.88 bits per heavy atom. The zero-order valence-electron chi connectivity index (χ0n) is 8.41. The summed E-state index contributed by atoms with van der Waals surface area (Å²) in [5.74, 6) is 0.331. The summed E-state index contributed by atoms with van der Waals surface area (Å²) >= 11 is 0. The molecule has 7 heteroatoms. The summed E-state index contributed by atoms with van der Waals surface area (Å²) in [5, 5.41) is 3.62. The first-order valence-corrected chi connectivity index (χ1v) is 6.25. The molecule has 1 aromatic heterocycles. The van der Waals surface area contributed by atoms with Crippen LogP contribution in [0.5, 0.6) is 0 Å². The molecule has 2 aromatic rings. The van der Waals surface area contributed by atoms with Gasteiger partial charge >= 0.3 is 6.01 Å². The standard InChI is InChI=1S/C9H9N3O3S/c1-16(13,14)7-4-2-6(3-5-7)8-11-9(10)15-12-8/h2-5H,1H3,(H2,10,11,12). The van der Waals surface area contributed by atoms with Crippen LogP contribution in [0.25, 0.3) is 11.4 Å². The monoisotopic (exact) mass is 239 g/mol. The molecule has 2 rings (SSSR count). The number of anilines is 1. The molecule has 0 aliphatic heterocycles. The molecule has 16 heavy (non-hydrogen) atoms. The van der Waals surface area contributed by atoms with E-state index in [1.54, 1.807) is 12.1 Å². The molecule has 0 fully saturated rings. The SMILES string of the molecule is CS(=O)(=O)c1ccc(-c2noc(N)n2)cc1. The minimum atomic E-state index is -3.19. The molecule has 0 spiro atoms. The van der Waals surface area contributed by atoms with E-state index < -0.39 is 9.84 Å². The highest BCUT2D eigenvalue weighted by Gasteiger charge is 2.09. The van der Waals surface area contributed by atoms with Gasteiger partial charge in [-0.1, -0.05) is 5.16 Å². The fraction of sp³-hybridized carbons (Fsp3) is 0.111. The molecule has 0 aliphatic carbocycles. The number of nitrogen functional groups attached to an aromatic ring is 1. The lowest BCUT2D eigenvalue weighted by molar-refractivity contribution is 0.437. The van der Waals surface area contributed by atoms with Gasteiger partial charge in [0.2, 0.25) is 5.82 Å². The second-order valence-electron chi connectivity index (χ2n) is 3.25. The number of sulfone groups is 1. The predicted molar refractivity (Wildman–Crippen MR) is 57.3 cm³/mol. The Kier molecular flexibility index (Phi) is 2.39. The van der Waals surface area contributed by atoms with Crippen LogP contribution in [0.3, 0.4) is 0 Å². The maximum absolute atomic E-state index is 11.2. The van der Waals surface area contributed by atoms with Gasteiger partial charge < -0.3 is 10.3 Å². The molecule has 6 nitrogen and oxygen atoms in total. The summed E-state index contributed by atoms with van der Waals surface area (Å²) < 4.78 is 27.0. The summed E-state index contributed by atoms with van der Waals surface area (Å²) in [6.07, 6.45) is 1.15. The number of rotatable bonds is 2. The predicted octanol–water partition coefficient (Wildman–Crippen LogP) is 0.722. The number of benzene rings is 1. The third kappa shape index (κ3) is 2.03. The number of hydrogen-bond acceptors (Lipinski definition) is 6. The van der Waals surface area contributed by atoms with E-state index in [0.717, 1.165) is 6.26 Å². The molecule has 84 valence electrons. The van der Waals surface area contributed by atoms with Gasteiger partial charge in [0.1, 0.15) is 0 Å². The van der Waals surface area contributed by atoms with Crippen molar-refractivity contribution in [2.75, 3.05) is 12.0 Å². The number of aromatic nitrogens is 2. The van der Waals surface area contributed by atoms with Crippen molar-refractivity contribution in [3.8, 4) is 11.4 Å². The van der Waals surface area contributed by atoms with Crippen molar-refractivity contribution >= 4 is 15.9 Å². The number of nitrogens with zero attached hydrogens (tertiary/aromatic N) is 2. The minimum absolute atomic E-state index is 0.0258. The van der Waals surface area contributed by atoms with Crippen LogP contribution in [0.4, 0.5) is 6.01 Å². The molecule has 1 aromatic carbocycles. The number of hydrogen-bond donors (Lipinski definition) is 1. The first-order valence-electron chi connectivity index (χ1n) is 4.36. The van der Waals surface area contributed by atoms with Gasteiger partial charge in [-0.3, -0.25) is 0 Å². The van der Waals surface area contributed by atoms with Crippen LogP contribution in [0.1, 0.15) is 0 Å². The van der Waals surface area contributed by atoms with Crippen molar-refractivity contribution in [1.29, 1.82) is 0 Å². The van der Waals surface area contributed by atoms with Gasteiger partial charge in [0.25, 0.3) is 0 Å². The van der Waals surface area contributed by atoms with Crippen LogP contribution in [0.2, 0.25) is 0 Å². The van der Waals surface area contributed by atoms with E-state index in [0.29, 0.717) is 11.4 Å². The van der Waals surface area contributed by atoms with Crippen LogP contribution in [-0.2, 0) is 9.84 Å². The molecule has 0 amide bonds. The van der Waals surface area contributed by atoms with Crippen LogP contribution in [0, 0.1) is 0 Å². The highest BCUT2D eigenvalue weighted by atomic mass is 32.2. The fourth-order valence-corrected chi connectivity index (χ4v) is 1.83. The highest BCUT2D eigenvalue weighted by Crippen LogP contribution is 2.18. The fourth-order valence-electron chi connectivity index (χ4n) is 1.20. The second kappa shape index (κ2) is 3.60. The van der Waals surface area contributed by atoms with Crippen LogP contribution >= 0.6 is 0 Å². The first kappa shape index (κ1) is 10.6. The Balaban J connectivity index is 2.40. The summed E-state index contributed by atoms with van der Waals surface area (Å²) in [4.78, 5) is 4.07. The minimum Gasteiger partial charge on any atom is -0.351 e. The normalized spacial score (nSPS) is 11.6. The van der Waals surface area contributed by atoms with Crippen molar-refractivity contribution in [1.82, 2.24) is 10.1 Å². The maximum Gasteiger partial charge on any atom is 0.319 e. The summed E-state index contributed by atoms with van der Waals surface area (Å²) in [6, 6.07) is 6.14. The van der Waals surface area contributed by atoms with Gasteiger partial charge in [-0.25, -0.2) is 8.42 Å². The van der Waals surface area contributed by atoms with Gasteiger partial charge in [-0.2, -0.15) is 4.98 Å². The van der Waals surface area contributed by atoms with Gasteiger partial charge in [0, 0.05) is 11.8 Å². The molecule has 0 aliphatic rings. The highest BCUT2D eigenvalue weighted by molar-refractivity contribution is 7.90. The zero-order chi connectivity index (χ0) is 11.8. The molecule has 2 N–H and O–H groups in total. The quantitative estimate of drug-likeness (QED) is 0.829. The van der Waals surface area contributed by atoms with Crippen molar-refractivity contribution < 1.29 is 12.9 Å². The van der Waals surface area contributed by atoms with E-state index in [4.69, 9.17) is 5.73 Å². The van der Waals surface area contributed by atoms with Gasteiger partial charge in [0.15, 0.2) is 9.84 Å². The Bertz CT molecular complexity index is 601. The van der Waals surface area contributed by atoms with Crippen molar-refractivity contribution in [3.05, 3.63) is 24.3 Å². The Morgan fingerprint density at radius 3 is 2.31 bits per heavy atom. The first-order chi connectivity index (χ1) is 7.47. The van der Waals surface area contributed by atoms with E-state index in [9.17, 15) is 8.42 Å². The zero-order valence-corrected chi connectivity index (χ0v) is 9.23. The Labute approximate surface area is 92.0 Å². The Hall–Kier alpha value is -1.89. The van der Waals surface area contributed by atoms with E-state index in [2.05, 4.69) is 14.7 Å². The van der Waals surface area contributed by atoms with Crippen LogP contribution in [0.15, 0.2) is 33.7 Å². The molecule has 0 saturated heterocycles. The lowest BCUT2D eigenvalue weighted by Gasteiger charge is -1.98. The molecule has 1 heterocycles. The lowest BCUT2D eigenvalue weighted by Crippen LogP contribution is -1.96. The number of nitrogens with two attached hydrogens (primary N) is 1. The van der Waals surface area contributed by atoms with Crippen LogP contribution < -0.4 is 5.73 Å². The largest absolute Gasteiger partial charge is 0.351 e. The molecule has 0 bridgehead atoms. The second-order valence-corrected chi connectivity index (χ2v) is 5.27. The average molecular weight is 239 g/mol. The smallest absolute Gasteiger partial charge is 0.319 e. The van der Waals surface area contributed by atoms with E-state index >= 15 is 0 Å². The average Bonchev–Trinajstić information content (AvgIpc) is 2.64. The molecule has 0 unspecified atom stereocenters. The summed E-state index contributed by atoms with van der Waals surface area (Å²) in [5.41, 5.74) is 5.93. The van der Waals surface area contributed by atoms with Crippen LogP contribution in [-0.4, -0.2) is 24.8 Å². The van der Waals surface area contributed by atoms with E-state index in [1.807, 2.05) is 0 Å². The van der Waals surface area contributed by atoms with Crippen molar-refractivity contribution in [2.45, 2.75) is 4.90 Å². The third-order valence-electron chi connectivity index (χ3n) is 1.98. The third-order valence-corrected chi connectivity index (χ3v) is 3.11. The maximum atomic E-state index is 11.2. The van der Waals surface area contributed by atoms with Crippen molar-refractivity contribution in [3.63, 3.8) is 0 Å². The van der Waals surface area contributed by atoms with E-state index in [-0.39, 0.29) is 10.9 Å². The Morgan fingerprint density at radius 1 is 1.25 bits per heavy atom. The van der Waals surface area contributed by atoms with E-state index in [1.165, 1.54) is 12.1 Å². The van der Waals surface area contributed by atoms with Crippen molar-refractivity contribution in [2.24, 2.45) is 0 Å². The molecule has 0 radical (unpaired) electrons. The molecular weight excluding hydrogens is 230 g/mol. The van der Waals surface area contributed by atoms with Gasteiger partial charge in [-0.15, -0.1) is 0 Å². The summed E-state index contributed by atoms with van der Waals surface area (Å²) in [6.45, 7) is 0. The topological polar surface area (TPSA) is 99.1 Å². The molecule has 0 atom stereocenters.